The highest BCUT2D eigenvalue weighted by Gasteiger charge is 2.46. The van der Waals surface area contributed by atoms with E-state index in [4.69, 9.17) is 9.72 Å². The SMILES string of the molecule is CCCc1nc2cnc3ccccc3c2n1CC1(C(=O)OCC)CCC1. The molecule has 4 rings (SSSR count). The van der Waals surface area contributed by atoms with Gasteiger partial charge in [0.05, 0.1) is 29.3 Å². The lowest BCUT2D eigenvalue weighted by molar-refractivity contribution is -0.162. The molecule has 1 aliphatic carbocycles. The van der Waals surface area contributed by atoms with Gasteiger partial charge in [-0.15, -0.1) is 0 Å². The molecule has 0 saturated heterocycles. The third kappa shape index (κ3) is 2.66. The summed E-state index contributed by atoms with van der Waals surface area (Å²) < 4.78 is 7.68. The molecule has 3 aromatic rings. The van der Waals surface area contributed by atoms with E-state index in [1.807, 2.05) is 31.3 Å². The van der Waals surface area contributed by atoms with Crippen molar-refractivity contribution in [1.82, 2.24) is 14.5 Å². The highest BCUT2D eigenvalue weighted by molar-refractivity contribution is 6.02. The molecular formula is C21H25N3O2. The molecule has 1 aromatic carbocycles. The molecule has 1 aliphatic rings. The summed E-state index contributed by atoms with van der Waals surface area (Å²) in [6.07, 6.45) is 6.62. The number of esters is 1. The first-order valence-electron chi connectivity index (χ1n) is 9.58. The monoisotopic (exact) mass is 351 g/mol. The molecule has 0 unspecified atom stereocenters. The summed E-state index contributed by atoms with van der Waals surface area (Å²) in [5, 5.41) is 1.10. The molecule has 0 N–H and O–H groups in total. The summed E-state index contributed by atoms with van der Waals surface area (Å²) in [5.41, 5.74) is 2.55. The normalized spacial score (nSPS) is 15.9. The van der Waals surface area contributed by atoms with Crippen molar-refractivity contribution in [3.05, 3.63) is 36.3 Å². The minimum absolute atomic E-state index is 0.0612. The van der Waals surface area contributed by atoms with Gasteiger partial charge in [0, 0.05) is 18.4 Å². The fraction of sp³-hybridized carbons (Fsp3) is 0.476. The van der Waals surface area contributed by atoms with Crippen LogP contribution in [0.3, 0.4) is 0 Å². The van der Waals surface area contributed by atoms with Gasteiger partial charge in [-0.05, 0) is 32.3 Å². The summed E-state index contributed by atoms with van der Waals surface area (Å²) in [6, 6.07) is 8.15. The zero-order valence-corrected chi connectivity index (χ0v) is 15.5. The highest BCUT2D eigenvalue weighted by Crippen LogP contribution is 2.44. The zero-order chi connectivity index (χ0) is 18.1. The third-order valence-electron chi connectivity index (χ3n) is 5.51. The first-order chi connectivity index (χ1) is 12.7. The minimum atomic E-state index is -0.406. The maximum atomic E-state index is 12.7. The molecule has 0 aliphatic heterocycles. The van der Waals surface area contributed by atoms with Crippen LogP contribution < -0.4 is 0 Å². The molecule has 2 aromatic heterocycles. The van der Waals surface area contributed by atoms with Crippen molar-refractivity contribution in [2.45, 2.75) is 52.5 Å². The van der Waals surface area contributed by atoms with E-state index in [9.17, 15) is 4.79 Å². The van der Waals surface area contributed by atoms with Crippen molar-refractivity contribution >= 4 is 27.9 Å². The Morgan fingerprint density at radius 1 is 1.23 bits per heavy atom. The first kappa shape index (κ1) is 17.0. The zero-order valence-electron chi connectivity index (χ0n) is 15.5. The quantitative estimate of drug-likeness (QED) is 0.622. The number of rotatable bonds is 6. The predicted octanol–water partition coefficient (Wildman–Crippen LogP) is 4.27. The van der Waals surface area contributed by atoms with Crippen LogP contribution in [-0.4, -0.2) is 27.1 Å². The Morgan fingerprint density at radius 2 is 2.04 bits per heavy atom. The summed E-state index contributed by atoms with van der Waals surface area (Å²) in [4.78, 5) is 22.1. The van der Waals surface area contributed by atoms with E-state index < -0.39 is 5.41 Å². The number of ether oxygens (including phenoxy) is 1. The van der Waals surface area contributed by atoms with Gasteiger partial charge in [0.25, 0.3) is 0 Å². The van der Waals surface area contributed by atoms with Gasteiger partial charge >= 0.3 is 5.97 Å². The maximum absolute atomic E-state index is 12.7. The lowest BCUT2D eigenvalue weighted by Crippen LogP contribution is -2.43. The molecule has 0 bridgehead atoms. The Kier molecular flexibility index (Phi) is 4.39. The molecule has 1 saturated carbocycles. The molecule has 5 nitrogen and oxygen atoms in total. The number of carbonyl (C=O) groups is 1. The van der Waals surface area contributed by atoms with Crippen molar-refractivity contribution < 1.29 is 9.53 Å². The second kappa shape index (κ2) is 6.71. The van der Waals surface area contributed by atoms with E-state index in [1.54, 1.807) is 0 Å². The van der Waals surface area contributed by atoms with E-state index >= 15 is 0 Å². The number of hydrogen-bond donors (Lipinski definition) is 0. The van der Waals surface area contributed by atoms with Crippen molar-refractivity contribution in [2.24, 2.45) is 5.41 Å². The van der Waals surface area contributed by atoms with Crippen LogP contribution in [0.15, 0.2) is 30.5 Å². The Labute approximate surface area is 153 Å². The van der Waals surface area contributed by atoms with E-state index in [2.05, 4.69) is 22.5 Å². The van der Waals surface area contributed by atoms with Gasteiger partial charge in [-0.2, -0.15) is 0 Å². The molecule has 2 heterocycles. The van der Waals surface area contributed by atoms with Crippen LogP contribution in [-0.2, 0) is 22.5 Å². The van der Waals surface area contributed by atoms with Crippen LogP contribution in [0.25, 0.3) is 21.9 Å². The molecular weight excluding hydrogens is 326 g/mol. The Bertz CT molecular complexity index is 956. The van der Waals surface area contributed by atoms with Gasteiger partial charge in [0.1, 0.15) is 11.3 Å². The predicted molar refractivity (Wildman–Crippen MR) is 102 cm³/mol. The van der Waals surface area contributed by atoms with Gasteiger partial charge in [-0.3, -0.25) is 9.78 Å². The highest BCUT2D eigenvalue weighted by atomic mass is 16.5. The van der Waals surface area contributed by atoms with Crippen molar-refractivity contribution in [2.75, 3.05) is 6.61 Å². The van der Waals surface area contributed by atoms with E-state index in [1.165, 1.54) is 0 Å². The standard InChI is InChI=1S/C21H25N3O2/c1-3-8-18-23-17-13-22-16-10-6-5-9-15(16)19(17)24(18)14-21(11-7-12-21)20(25)26-4-2/h5-6,9-10,13H,3-4,7-8,11-12,14H2,1-2H3. The molecule has 0 radical (unpaired) electrons. The van der Waals surface area contributed by atoms with Gasteiger partial charge in [0.15, 0.2) is 0 Å². The number of aromatic nitrogens is 3. The second-order valence-electron chi connectivity index (χ2n) is 7.23. The molecule has 136 valence electrons. The van der Waals surface area contributed by atoms with Crippen LogP contribution in [0.5, 0.6) is 0 Å². The number of para-hydroxylation sites is 1. The molecule has 0 spiro atoms. The number of carbonyl (C=O) groups excluding carboxylic acids is 1. The smallest absolute Gasteiger partial charge is 0.313 e. The number of aryl methyl sites for hydroxylation is 1. The largest absolute Gasteiger partial charge is 0.466 e. The second-order valence-corrected chi connectivity index (χ2v) is 7.23. The molecule has 1 fully saturated rings. The van der Waals surface area contributed by atoms with Crippen molar-refractivity contribution in [3.8, 4) is 0 Å². The average Bonchev–Trinajstić information content (AvgIpc) is 2.96. The fourth-order valence-corrected chi connectivity index (χ4v) is 4.01. The van der Waals surface area contributed by atoms with Gasteiger partial charge < -0.3 is 9.30 Å². The first-order valence-corrected chi connectivity index (χ1v) is 9.58. The molecule has 0 amide bonds. The number of imidazole rings is 1. The van der Waals surface area contributed by atoms with Crippen LogP contribution in [0.4, 0.5) is 0 Å². The molecule has 0 atom stereocenters. The summed E-state index contributed by atoms with van der Waals surface area (Å²) in [5.74, 6) is 0.977. The third-order valence-corrected chi connectivity index (χ3v) is 5.51. The molecule has 26 heavy (non-hydrogen) atoms. The topological polar surface area (TPSA) is 57.0 Å². The van der Waals surface area contributed by atoms with Crippen LogP contribution in [0.1, 0.15) is 45.4 Å². The van der Waals surface area contributed by atoms with Crippen LogP contribution in [0, 0.1) is 5.41 Å². The van der Waals surface area contributed by atoms with Crippen molar-refractivity contribution in [3.63, 3.8) is 0 Å². The van der Waals surface area contributed by atoms with E-state index in [0.717, 1.165) is 59.9 Å². The number of hydrogen-bond acceptors (Lipinski definition) is 4. The number of benzene rings is 1. The summed E-state index contributed by atoms with van der Waals surface area (Å²) in [7, 11) is 0. The lowest BCUT2D eigenvalue weighted by atomic mass is 9.68. The van der Waals surface area contributed by atoms with Crippen LogP contribution >= 0.6 is 0 Å². The van der Waals surface area contributed by atoms with Gasteiger partial charge in [-0.25, -0.2) is 4.98 Å². The number of fused-ring (bicyclic) bond motifs is 3. The van der Waals surface area contributed by atoms with Crippen LogP contribution in [0.2, 0.25) is 0 Å². The number of nitrogens with zero attached hydrogens (tertiary/aromatic N) is 3. The summed E-state index contributed by atoms with van der Waals surface area (Å²) >= 11 is 0. The Hall–Kier alpha value is -2.43. The van der Waals surface area contributed by atoms with Crippen molar-refractivity contribution in [1.29, 1.82) is 0 Å². The lowest BCUT2D eigenvalue weighted by Gasteiger charge is -2.39. The van der Waals surface area contributed by atoms with Gasteiger partial charge in [-0.1, -0.05) is 31.5 Å². The van der Waals surface area contributed by atoms with E-state index in [-0.39, 0.29) is 5.97 Å². The Balaban J connectivity index is 1.88. The minimum Gasteiger partial charge on any atom is -0.466 e. The fourth-order valence-electron chi connectivity index (χ4n) is 4.01. The maximum Gasteiger partial charge on any atom is 0.313 e. The number of pyridine rings is 1. The summed E-state index contributed by atoms with van der Waals surface area (Å²) in [6.45, 7) is 5.11. The van der Waals surface area contributed by atoms with Gasteiger partial charge in [0.2, 0.25) is 0 Å². The molecule has 5 heteroatoms. The Morgan fingerprint density at radius 3 is 2.73 bits per heavy atom. The average molecular weight is 351 g/mol. The van der Waals surface area contributed by atoms with E-state index in [0.29, 0.717) is 13.2 Å².